The first-order chi connectivity index (χ1) is 9.74. The molecular formula is C17H29ClN2O. The fourth-order valence-corrected chi connectivity index (χ4v) is 3.07. The summed E-state index contributed by atoms with van der Waals surface area (Å²) in [5.74, 6) is 1.79. The molecule has 4 heteroatoms. The summed E-state index contributed by atoms with van der Waals surface area (Å²) in [7, 11) is 1.73. The summed E-state index contributed by atoms with van der Waals surface area (Å²) in [5.41, 5.74) is 1.35. The summed E-state index contributed by atoms with van der Waals surface area (Å²) < 4.78 is 5.34. The van der Waals surface area contributed by atoms with Crippen LogP contribution in [0.3, 0.4) is 0 Å². The molecule has 1 aromatic carbocycles. The molecule has 0 aliphatic carbocycles. The first kappa shape index (κ1) is 18.3. The Morgan fingerprint density at radius 1 is 1.33 bits per heavy atom. The number of piperidine rings is 1. The average molecular weight is 313 g/mol. The predicted molar refractivity (Wildman–Crippen MR) is 91.5 cm³/mol. The lowest BCUT2D eigenvalue weighted by Crippen LogP contribution is -2.37. The van der Waals surface area contributed by atoms with E-state index in [2.05, 4.69) is 42.3 Å². The standard InChI is InChI=1S/C17H28N2O.ClH/c1-4-19(13-15-8-10-18-11-9-15)14(2)16-6-5-7-17(12-16)20-3;/h5-7,12,14-15,18H,4,8-11,13H2,1-3H3;1H. The van der Waals surface area contributed by atoms with E-state index in [4.69, 9.17) is 4.74 Å². The van der Waals surface area contributed by atoms with E-state index >= 15 is 0 Å². The van der Waals surface area contributed by atoms with Gasteiger partial charge in [0.25, 0.3) is 0 Å². The largest absolute Gasteiger partial charge is 0.497 e. The molecule has 0 aromatic heterocycles. The minimum absolute atomic E-state index is 0. The second kappa shape index (κ2) is 9.29. The van der Waals surface area contributed by atoms with Gasteiger partial charge in [-0.25, -0.2) is 0 Å². The normalized spacial score (nSPS) is 17.3. The van der Waals surface area contributed by atoms with Crippen molar-refractivity contribution < 1.29 is 4.74 Å². The summed E-state index contributed by atoms with van der Waals surface area (Å²) >= 11 is 0. The number of nitrogens with one attached hydrogen (secondary N) is 1. The maximum atomic E-state index is 5.34. The lowest BCUT2D eigenvalue weighted by Gasteiger charge is -2.33. The smallest absolute Gasteiger partial charge is 0.119 e. The number of rotatable bonds is 6. The van der Waals surface area contributed by atoms with Gasteiger partial charge >= 0.3 is 0 Å². The number of benzene rings is 1. The van der Waals surface area contributed by atoms with Gasteiger partial charge in [-0.2, -0.15) is 0 Å². The second-order valence-corrected chi connectivity index (χ2v) is 5.73. The molecule has 0 radical (unpaired) electrons. The van der Waals surface area contributed by atoms with Crippen molar-refractivity contribution in [3.63, 3.8) is 0 Å². The van der Waals surface area contributed by atoms with Crippen molar-refractivity contribution in [2.45, 2.75) is 32.7 Å². The van der Waals surface area contributed by atoms with Gasteiger partial charge < -0.3 is 10.1 Å². The minimum atomic E-state index is 0. The molecule has 1 atom stereocenters. The Morgan fingerprint density at radius 2 is 2.05 bits per heavy atom. The van der Waals surface area contributed by atoms with E-state index in [9.17, 15) is 0 Å². The van der Waals surface area contributed by atoms with Gasteiger partial charge in [0.05, 0.1) is 7.11 Å². The van der Waals surface area contributed by atoms with Crippen LogP contribution in [-0.4, -0.2) is 38.2 Å². The van der Waals surface area contributed by atoms with Crippen LogP contribution in [0.1, 0.15) is 38.3 Å². The van der Waals surface area contributed by atoms with Crippen LogP contribution < -0.4 is 10.1 Å². The van der Waals surface area contributed by atoms with Gasteiger partial charge in [0.1, 0.15) is 5.75 Å². The van der Waals surface area contributed by atoms with Crippen molar-refractivity contribution in [3.8, 4) is 5.75 Å². The molecule has 120 valence electrons. The van der Waals surface area contributed by atoms with Gasteiger partial charge in [-0.05, 0) is 63.0 Å². The number of ether oxygens (including phenoxy) is 1. The predicted octanol–water partition coefficient (Wildman–Crippen LogP) is 3.50. The quantitative estimate of drug-likeness (QED) is 0.870. The van der Waals surface area contributed by atoms with E-state index in [0.717, 1.165) is 18.2 Å². The van der Waals surface area contributed by atoms with E-state index in [1.54, 1.807) is 7.11 Å². The lowest BCUT2D eigenvalue weighted by atomic mass is 9.96. The Hall–Kier alpha value is -0.770. The zero-order chi connectivity index (χ0) is 14.4. The SMILES string of the molecule is CCN(CC1CCNCC1)C(C)c1cccc(OC)c1.Cl. The highest BCUT2D eigenvalue weighted by Gasteiger charge is 2.20. The molecule has 1 aliphatic heterocycles. The van der Waals surface area contributed by atoms with Gasteiger partial charge in [-0.1, -0.05) is 19.1 Å². The monoisotopic (exact) mass is 312 g/mol. The fourth-order valence-electron chi connectivity index (χ4n) is 3.07. The van der Waals surface area contributed by atoms with E-state index in [1.165, 1.54) is 38.0 Å². The highest BCUT2D eigenvalue weighted by Crippen LogP contribution is 2.26. The molecule has 2 rings (SSSR count). The van der Waals surface area contributed by atoms with Crippen molar-refractivity contribution in [2.24, 2.45) is 5.92 Å². The maximum absolute atomic E-state index is 5.34. The summed E-state index contributed by atoms with van der Waals surface area (Å²) in [6.45, 7) is 9.22. The summed E-state index contributed by atoms with van der Waals surface area (Å²) in [5, 5.41) is 3.45. The molecule has 21 heavy (non-hydrogen) atoms. The van der Waals surface area contributed by atoms with Gasteiger partial charge in [-0.15, -0.1) is 12.4 Å². The number of hydrogen-bond donors (Lipinski definition) is 1. The molecule has 1 unspecified atom stereocenters. The van der Waals surface area contributed by atoms with Gasteiger partial charge in [-0.3, -0.25) is 4.90 Å². The molecule has 1 fully saturated rings. The Balaban J connectivity index is 0.00000220. The summed E-state index contributed by atoms with van der Waals surface area (Å²) in [4.78, 5) is 2.59. The lowest BCUT2D eigenvalue weighted by molar-refractivity contribution is 0.168. The third-order valence-electron chi connectivity index (χ3n) is 4.48. The van der Waals surface area contributed by atoms with Crippen molar-refractivity contribution in [1.82, 2.24) is 10.2 Å². The average Bonchev–Trinajstić information content (AvgIpc) is 2.53. The van der Waals surface area contributed by atoms with Crippen LogP contribution in [0.2, 0.25) is 0 Å². The minimum Gasteiger partial charge on any atom is -0.497 e. The number of nitrogens with zero attached hydrogens (tertiary/aromatic N) is 1. The highest BCUT2D eigenvalue weighted by molar-refractivity contribution is 5.85. The van der Waals surface area contributed by atoms with Crippen LogP contribution in [0.25, 0.3) is 0 Å². The van der Waals surface area contributed by atoms with Crippen molar-refractivity contribution in [3.05, 3.63) is 29.8 Å². The Bertz CT molecular complexity index is 408. The van der Waals surface area contributed by atoms with Gasteiger partial charge in [0, 0.05) is 12.6 Å². The number of halogens is 1. The van der Waals surface area contributed by atoms with Crippen LogP contribution in [0.4, 0.5) is 0 Å². The highest BCUT2D eigenvalue weighted by atomic mass is 35.5. The summed E-state index contributed by atoms with van der Waals surface area (Å²) in [6.07, 6.45) is 2.61. The molecule has 1 N–H and O–H groups in total. The van der Waals surface area contributed by atoms with Crippen LogP contribution in [0.5, 0.6) is 5.75 Å². The molecule has 1 saturated heterocycles. The zero-order valence-electron chi connectivity index (χ0n) is 13.5. The van der Waals surface area contributed by atoms with Gasteiger partial charge in [0.15, 0.2) is 0 Å². The molecule has 1 aromatic rings. The molecule has 0 bridgehead atoms. The summed E-state index contributed by atoms with van der Waals surface area (Å²) in [6, 6.07) is 8.92. The van der Waals surface area contributed by atoms with Crippen LogP contribution in [-0.2, 0) is 0 Å². The molecule has 0 amide bonds. The maximum Gasteiger partial charge on any atom is 0.119 e. The van der Waals surface area contributed by atoms with Crippen molar-refractivity contribution >= 4 is 12.4 Å². The Labute approximate surface area is 135 Å². The van der Waals surface area contributed by atoms with E-state index < -0.39 is 0 Å². The molecule has 0 saturated carbocycles. The van der Waals surface area contributed by atoms with Crippen LogP contribution >= 0.6 is 12.4 Å². The molecule has 3 nitrogen and oxygen atoms in total. The molecule has 1 aliphatic rings. The van der Waals surface area contributed by atoms with E-state index in [0.29, 0.717) is 6.04 Å². The van der Waals surface area contributed by atoms with Crippen LogP contribution in [0.15, 0.2) is 24.3 Å². The van der Waals surface area contributed by atoms with Crippen LogP contribution in [0, 0.1) is 5.92 Å². The Morgan fingerprint density at radius 3 is 2.67 bits per heavy atom. The van der Waals surface area contributed by atoms with E-state index in [1.807, 2.05) is 6.07 Å². The number of methoxy groups -OCH3 is 1. The number of hydrogen-bond acceptors (Lipinski definition) is 3. The Kier molecular flexibility index (Phi) is 8.09. The second-order valence-electron chi connectivity index (χ2n) is 5.73. The fraction of sp³-hybridized carbons (Fsp3) is 0.647. The first-order valence-electron chi connectivity index (χ1n) is 7.83. The third-order valence-corrected chi connectivity index (χ3v) is 4.48. The molecule has 0 spiro atoms. The third kappa shape index (κ3) is 5.17. The van der Waals surface area contributed by atoms with Crippen molar-refractivity contribution in [2.75, 3.05) is 33.3 Å². The van der Waals surface area contributed by atoms with Crippen molar-refractivity contribution in [1.29, 1.82) is 0 Å². The molecule has 1 heterocycles. The zero-order valence-corrected chi connectivity index (χ0v) is 14.3. The first-order valence-corrected chi connectivity index (χ1v) is 7.83. The van der Waals surface area contributed by atoms with E-state index in [-0.39, 0.29) is 12.4 Å². The topological polar surface area (TPSA) is 24.5 Å². The van der Waals surface area contributed by atoms with Gasteiger partial charge in [0.2, 0.25) is 0 Å². The molecular weight excluding hydrogens is 284 g/mol.